The molecule has 0 fully saturated rings. The van der Waals surface area contributed by atoms with Crippen molar-refractivity contribution in [1.82, 2.24) is 0 Å². The fraction of sp³-hybridized carbons (Fsp3) is 0.167. The quantitative estimate of drug-likeness (QED) is 0.625. The molecule has 24 heavy (non-hydrogen) atoms. The maximum atomic E-state index is 12.2. The molecule has 0 bridgehead atoms. The molecule has 6 heteroatoms. The summed E-state index contributed by atoms with van der Waals surface area (Å²) in [6, 6.07) is 7.19. The van der Waals surface area contributed by atoms with E-state index in [-0.39, 0.29) is 17.1 Å². The number of rotatable bonds is 6. The zero-order chi connectivity index (χ0) is 17.7. The summed E-state index contributed by atoms with van der Waals surface area (Å²) < 4.78 is 15.7. The second kappa shape index (κ2) is 7.41. The molecule has 2 aromatic carbocycles. The molecule has 6 nitrogen and oxygen atoms in total. The number of ether oxygens (including phenoxy) is 3. The summed E-state index contributed by atoms with van der Waals surface area (Å²) in [5.74, 6) is 0.598. The van der Waals surface area contributed by atoms with Crippen LogP contribution in [0, 0.1) is 0 Å². The van der Waals surface area contributed by atoms with Crippen LogP contribution in [0.4, 0.5) is 0 Å². The average molecular weight is 330 g/mol. The average Bonchev–Trinajstić information content (AvgIpc) is 2.58. The van der Waals surface area contributed by atoms with Crippen molar-refractivity contribution >= 4 is 11.9 Å². The number of aromatic hydroxyl groups is 2. The van der Waals surface area contributed by atoms with Gasteiger partial charge in [0, 0.05) is 6.07 Å². The molecular weight excluding hydrogens is 312 g/mol. The fourth-order valence-corrected chi connectivity index (χ4v) is 2.19. The molecule has 0 aliphatic heterocycles. The van der Waals surface area contributed by atoms with E-state index in [1.54, 1.807) is 18.2 Å². The molecule has 126 valence electrons. The minimum atomic E-state index is -0.402. The molecule has 0 heterocycles. The fourth-order valence-electron chi connectivity index (χ4n) is 2.19. The van der Waals surface area contributed by atoms with Gasteiger partial charge in [-0.2, -0.15) is 0 Å². The molecule has 0 spiro atoms. The molecule has 0 aliphatic carbocycles. The number of phenolic OH excluding ortho intramolecular Hbond substituents is 2. The van der Waals surface area contributed by atoms with Gasteiger partial charge in [0.1, 0.15) is 11.5 Å². The molecule has 2 N–H and O–H groups in total. The van der Waals surface area contributed by atoms with Crippen molar-refractivity contribution in [1.29, 1.82) is 0 Å². The number of carbonyl (C=O) groups excluding carboxylic acids is 1. The molecule has 0 saturated heterocycles. The summed E-state index contributed by atoms with van der Waals surface area (Å²) in [4.78, 5) is 12.2. The van der Waals surface area contributed by atoms with Gasteiger partial charge in [-0.1, -0.05) is 6.08 Å². The van der Waals surface area contributed by atoms with Crippen LogP contribution in [0.25, 0.3) is 6.08 Å². The summed E-state index contributed by atoms with van der Waals surface area (Å²) in [5.41, 5.74) is 0.757. The van der Waals surface area contributed by atoms with Crippen LogP contribution in [0.3, 0.4) is 0 Å². The number of carbonyl (C=O) groups is 1. The maximum Gasteiger partial charge on any atom is 0.203 e. The first-order valence-corrected chi connectivity index (χ1v) is 7.04. The van der Waals surface area contributed by atoms with E-state index in [4.69, 9.17) is 14.2 Å². The van der Waals surface area contributed by atoms with Crippen molar-refractivity contribution in [3.8, 4) is 28.7 Å². The topological polar surface area (TPSA) is 85.2 Å². The molecule has 0 aliphatic rings. The van der Waals surface area contributed by atoms with E-state index in [2.05, 4.69) is 0 Å². The predicted molar refractivity (Wildman–Crippen MR) is 89.2 cm³/mol. The SMILES string of the molecule is COc1cc(/C=C/C(=O)c2ccc(O)cc2O)cc(OC)c1OC. The number of ketones is 1. The Labute approximate surface area is 139 Å². The van der Waals surface area contributed by atoms with E-state index < -0.39 is 5.78 Å². The van der Waals surface area contributed by atoms with Gasteiger partial charge < -0.3 is 24.4 Å². The molecule has 2 rings (SSSR count). The lowest BCUT2D eigenvalue weighted by Crippen LogP contribution is -1.96. The monoisotopic (exact) mass is 330 g/mol. The van der Waals surface area contributed by atoms with Gasteiger partial charge in [-0.05, 0) is 35.9 Å². The largest absolute Gasteiger partial charge is 0.508 e. The number of methoxy groups -OCH3 is 3. The standard InChI is InChI=1S/C18H18O6/c1-22-16-8-11(9-17(23-2)18(16)24-3)4-7-14(20)13-6-5-12(19)10-15(13)21/h4-10,19,21H,1-3H3/b7-4+. The number of hydrogen-bond donors (Lipinski definition) is 2. The number of benzene rings is 2. The highest BCUT2D eigenvalue weighted by Gasteiger charge is 2.13. The van der Waals surface area contributed by atoms with E-state index in [1.807, 2.05) is 0 Å². The lowest BCUT2D eigenvalue weighted by atomic mass is 10.1. The smallest absolute Gasteiger partial charge is 0.203 e. The molecule has 0 saturated carbocycles. The van der Waals surface area contributed by atoms with Crippen LogP contribution in [0.2, 0.25) is 0 Å². The summed E-state index contributed by atoms with van der Waals surface area (Å²) in [6.45, 7) is 0. The zero-order valence-corrected chi connectivity index (χ0v) is 13.6. The third-order valence-corrected chi connectivity index (χ3v) is 3.36. The molecular formula is C18H18O6. The summed E-state index contributed by atoms with van der Waals surface area (Å²) in [6.07, 6.45) is 2.88. The lowest BCUT2D eigenvalue weighted by molar-refractivity contribution is 0.104. The van der Waals surface area contributed by atoms with E-state index in [9.17, 15) is 15.0 Å². The van der Waals surface area contributed by atoms with Gasteiger partial charge >= 0.3 is 0 Å². The van der Waals surface area contributed by atoms with Crippen LogP contribution in [0.5, 0.6) is 28.7 Å². The number of allylic oxidation sites excluding steroid dienone is 1. The van der Waals surface area contributed by atoms with Gasteiger partial charge in [0.05, 0.1) is 26.9 Å². The molecule has 0 amide bonds. The Hall–Kier alpha value is -3.15. The van der Waals surface area contributed by atoms with E-state index in [0.29, 0.717) is 22.8 Å². The molecule has 2 aromatic rings. The van der Waals surface area contributed by atoms with Gasteiger partial charge in [-0.25, -0.2) is 0 Å². The third-order valence-electron chi connectivity index (χ3n) is 3.36. The Bertz CT molecular complexity index is 754. The lowest BCUT2D eigenvalue weighted by Gasteiger charge is -2.12. The molecule has 0 atom stereocenters. The Morgan fingerprint density at radius 3 is 2.08 bits per heavy atom. The van der Waals surface area contributed by atoms with Crippen LogP contribution in [0.1, 0.15) is 15.9 Å². The van der Waals surface area contributed by atoms with Crippen LogP contribution in [0.15, 0.2) is 36.4 Å². The third kappa shape index (κ3) is 3.60. The van der Waals surface area contributed by atoms with Crippen molar-refractivity contribution in [2.24, 2.45) is 0 Å². The second-order valence-electron chi connectivity index (χ2n) is 4.86. The van der Waals surface area contributed by atoms with Crippen molar-refractivity contribution < 1.29 is 29.2 Å². The van der Waals surface area contributed by atoms with Crippen LogP contribution >= 0.6 is 0 Å². The van der Waals surface area contributed by atoms with Crippen LogP contribution < -0.4 is 14.2 Å². The first-order chi connectivity index (χ1) is 11.5. The van der Waals surface area contributed by atoms with Gasteiger partial charge in [0.2, 0.25) is 5.75 Å². The van der Waals surface area contributed by atoms with Gasteiger partial charge in [0.25, 0.3) is 0 Å². The minimum absolute atomic E-state index is 0.0940. The van der Waals surface area contributed by atoms with Crippen LogP contribution in [-0.2, 0) is 0 Å². The Morgan fingerprint density at radius 1 is 0.958 bits per heavy atom. The zero-order valence-electron chi connectivity index (χ0n) is 13.6. The summed E-state index contributed by atoms with van der Waals surface area (Å²) >= 11 is 0. The van der Waals surface area contributed by atoms with Crippen molar-refractivity contribution in [3.63, 3.8) is 0 Å². The van der Waals surface area contributed by atoms with Gasteiger partial charge in [-0.3, -0.25) is 4.79 Å². The van der Waals surface area contributed by atoms with Crippen molar-refractivity contribution in [2.75, 3.05) is 21.3 Å². The minimum Gasteiger partial charge on any atom is -0.508 e. The highest BCUT2D eigenvalue weighted by molar-refractivity contribution is 6.08. The van der Waals surface area contributed by atoms with E-state index in [1.165, 1.54) is 39.5 Å². The normalized spacial score (nSPS) is 10.6. The Balaban J connectivity index is 2.32. The molecule has 0 unspecified atom stereocenters. The summed E-state index contributed by atoms with van der Waals surface area (Å²) in [5, 5.41) is 19.0. The predicted octanol–water partition coefficient (Wildman–Crippen LogP) is 3.02. The second-order valence-corrected chi connectivity index (χ2v) is 4.86. The molecule has 0 aromatic heterocycles. The number of phenols is 2. The first-order valence-electron chi connectivity index (χ1n) is 7.04. The Kier molecular flexibility index (Phi) is 5.31. The number of hydrogen-bond acceptors (Lipinski definition) is 6. The first kappa shape index (κ1) is 17.2. The maximum absolute atomic E-state index is 12.2. The summed E-state index contributed by atoms with van der Waals surface area (Å²) in [7, 11) is 4.52. The van der Waals surface area contributed by atoms with E-state index >= 15 is 0 Å². The Morgan fingerprint density at radius 2 is 1.58 bits per heavy atom. The molecule has 0 radical (unpaired) electrons. The highest BCUT2D eigenvalue weighted by atomic mass is 16.5. The van der Waals surface area contributed by atoms with Gasteiger partial charge in [0.15, 0.2) is 17.3 Å². The van der Waals surface area contributed by atoms with E-state index in [0.717, 1.165) is 6.07 Å². The highest BCUT2D eigenvalue weighted by Crippen LogP contribution is 2.38. The van der Waals surface area contributed by atoms with Gasteiger partial charge in [-0.15, -0.1) is 0 Å². The van der Waals surface area contributed by atoms with Crippen molar-refractivity contribution in [2.45, 2.75) is 0 Å². The van der Waals surface area contributed by atoms with Crippen molar-refractivity contribution in [3.05, 3.63) is 47.5 Å². The van der Waals surface area contributed by atoms with Crippen LogP contribution in [-0.4, -0.2) is 37.3 Å².